The van der Waals surface area contributed by atoms with Gasteiger partial charge in [0.25, 0.3) is 0 Å². The van der Waals surface area contributed by atoms with Crippen molar-refractivity contribution in [2.45, 2.75) is 32.4 Å². The molecule has 0 saturated carbocycles. The van der Waals surface area contributed by atoms with Gasteiger partial charge >= 0.3 is 0 Å². The molecule has 0 aromatic heterocycles. The van der Waals surface area contributed by atoms with Crippen molar-refractivity contribution in [3.63, 3.8) is 0 Å². The van der Waals surface area contributed by atoms with Crippen molar-refractivity contribution in [3.05, 3.63) is 0 Å². The number of aliphatic hydroxyl groups excluding tert-OH is 2. The van der Waals surface area contributed by atoms with E-state index in [-0.39, 0.29) is 19.1 Å². The fraction of sp³-hybridized carbons (Fsp3) is 0.889. The number of amides is 1. The van der Waals surface area contributed by atoms with Crippen LogP contribution < -0.4 is 11.1 Å². The number of carbonyl (C=O) groups is 1. The number of rotatable bonds is 6. The van der Waals surface area contributed by atoms with E-state index in [0.29, 0.717) is 12.3 Å². The lowest BCUT2D eigenvalue weighted by molar-refractivity contribution is -0.124. The van der Waals surface area contributed by atoms with Crippen molar-refractivity contribution in [2.75, 3.05) is 13.2 Å². The molecule has 0 aliphatic heterocycles. The first-order valence-electron chi connectivity index (χ1n) is 4.78. The fourth-order valence-corrected chi connectivity index (χ4v) is 1.07. The number of nitrogens with two attached hydrogens (primary N) is 1. The van der Waals surface area contributed by atoms with Gasteiger partial charge in [-0.2, -0.15) is 0 Å². The van der Waals surface area contributed by atoms with Crippen molar-refractivity contribution in [2.24, 2.45) is 11.7 Å². The highest BCUT2D eigenvalue weighted by Gasteiger charge is 2.17. The van der Waals surface area contributed by atoms with Crippen LogP contribution in [0.3, 0.4) is 0 Å². The molecule has 0 unspecified atom stereocenters. The van der Waals surface area contributed by atoms with Crippen LogP contribution in [0.4, 0.5) is 0 Å². The first kappa shape index (κ1) is 13.4. The Morgan fingerprint density at radius 2 is 1.86 bits per heavy atom. The SMILES string of the molecule is CC(C)C[C@@H](N)C(=O)NC(CO)CO. The minimum absolute atomic E-state index is 0.281. The van der Waals surface area contributed by atoms with Crippen molar-refractivity contribution >= 4 is 5.91 Å². The number of carbonyl (C=O) groups excluding carboxylic acids is 1. The summed E-state index contributed by atoms with van der Waals surface area (Å²) in [6.45, 7) is 3.39. The Morgan fingerprint density at radius 3 is 2.21 bits per heavy atom. The molecule has 84 valence electrons. The van der Waals surface area contributed by atoms with Crippen molar-refractivity contribution < 1.29 is 15.0 Å². The minimum atomic E-state index is -0.610. The average molecular weight is 204 g/mol. The predicted octanol–water partition coefficient (Wildman–Crippen LogP) is -1.17. The average Bonchev–Trinajstić information content (AvgIpc) is 2.12. The summed E-state index contributed by atoms with van der Waals surface area (Å²) in [5, 5.41) is 19.9. The summed E-state index contributed by atoms with van der Waals surface area (Å²) < 4.78 is 0. The Labute approximate surface area is 84.3 Å². The zero-order chi connectivity index (χ0) is 11.1. The molecule has 0 radical (unpaired) electrons. The Bertz CT molecular complexity index is 169. The molecule has 14 heavy (non-hydrogen) atoms. The molecule has 5 nitrogen and oxygen atoms in total. The van der Waals surface area contributed by atoms with Crippen LogP contribution in [0.2, 0.25) is 0 Å². The highest BCUT2D eigenvalue weighted by atomic mass is 16.3. The van der Waals surface area contributed by atoms with Gasteiger partial charge < -0.3 is 21.3 Å². The van der Waals surface area contributed by atoms with Gasteiger partial charge in [-0.05, 0) is 12.3 Å². The number of hydrogen-bond donors (Lipinski definition) is 4. The molecule has 0 heterocycles. The standard InChI is InChI=1S/C9H20N2O3/c1-6(2)3-8(10)9(14)11-7(4-12)5-13/h6-8,12-13H,3-5,10H2,1-2H3,(H,11,14)/t8-/m1/s1. The third-order valence-corrected chi connectivity index (χ3v) is 1.85. The van der Waals surface area contributed by atoms with Gasteiger partial charge in [-0.25, -0.2) is 0 Å². The smallest absolute Gasteiger partial charge is 0.237 e. The third-order valence-electron chi connectivity index (χ3n) is 1.85. The van der Waals surface area contributed by atoms with Crippen LogP contribution in [-0.4, -0.2) is 41.4 Å². The van der Waals surface area contributed by atoms with E-state index in [9.17, 15) is 4.79 Å². The van der Waals surface area contributed by atoms with E-state index in [1.165, 1.54) is 0 Å². The molecular weight excluding hydrogens is 184 g/mol. The van der Waals surface area contributed by atoms with Crippen molar-refractivity contribution in [3.8, 4) is 0 Å². The molecule has 0 aliphatic rings. The van der Waals surface area contributed by atoms with Gasteiger partial charge in [-0.3, -0.25) is 4.79 Å². The van der Waals surface area contributed by atoms with Crippen LogP contribution >= 0.6 is 0 Å². The highest BCUT2D eigenvalue weighted by molar-refractivity contribution is 5.81. The third kappa shape index (κ3) is 5.16. The van der Waals surface area contributed by atoms with E-state index in [1.54, 1.807) is 0 Å². The summed E-state index contributed by atoms with van der Waals surface area (Å²) in [4.78, 5) is 11.3. The summed E-state index contributed by atoms with van der Waals surface area (Å²) in [6.07, 6.45) is 0.593. The van der Waals surface area contributed by atoms with Crippen LogP contribution in [0.1, 0.15) is 20.3 Å². The second kappa shape index (κ2) is 6.75. The molecule has 0 aromatic rings. The number of nitrogens with one attached hydrogen (secondary N) is 1. The van der Waals surface area contributed by atoms with Crippen LogP contribution in [-0.2, 0) is 4.79 Å². The van der Waals surface area contributed by atoms with Gasteiger partial charge in [-0.1, -0.05) is 13.8 Å². The topological polar surface area (TPSA) is 95.6 Å². The molecule has 0 fully saturated rings. The summed E-state index contributed by atoms with van der Waals surface area (Å²) in [5.74, 6) is 0.0178. The van der Waals surface area contributed by atoms with Crippen molar-refractivity contribution in [1.29, 1.82) is 0 Å². The molecule has 0 bridgehead atoms. The zero-order valence-electron chi connectivity index (χ0n) is 8.73. The van der Waals surface area contributed by atoms with Crippen LogP contribution in [0.25, 0.3) is 0 Å². The minimum Gasteiger partial charge on any atom is -0.394 e. The van der Waals surface area contributed by atoms with Gasteiger partial charge in [0.05, 0.1) is 25.3 Å². The second-order valence-corrected chi connectivity index (χ2v) is 3.81. The molecule has 1 amide bonds. The van der Waals surface area contributed by atoms with E-state index in [4.69, 9.17) is 15.9 Å². The Morgan fingerprint density at radius 1 is 1.36 bits per heavy atom. The second-order valence-electron chi connectivity index (χ2n) is 3.81. The van der Waals surface area contributed by atoms with Gasteiger partial charge in [-0.15, -0.1) is 0 Å². The van der Waals surface area contributed by atoms with E-state index < -0.39 is 12.1 Å². The maximum atomic E-state index is 11.3. The van der Waals surface area contributed by atoms with Gasteiger partial charge in [0.1, 0.15) is 0 Å². The highest BCUT2D eigenvalue weighted by Crippen LogP contribution is 2.02. The summed E-state index contributed by atoms with van der Waals surface area (Å²) >= 11 is 0. The monoisotopic (exact) mass is 204 g/mol. The van der Waals surface area contributed by atoms with Crippen LogP contribution in [0, 0.1) is 5.92 Å². The molecule has 0 rings (SSSR count). The molecule has 5 N–H and O–H groups in total. The van der Waals surface area contributed by atoms with Gasteiger partial charge in [0, 0.05) is 0 Å². The molecule has 5 heteroatoms. The Balaban J connectivity index is 3.93. The van der Waals surface area contributed by atoms with E-state index in [1.807, 2.05) is 13.8 Å². The summed E-state index contributed by atoms with van der Waals surface area (Å²) in [5.41, 5.74) is 5.60. The largest absolute Gasteiger partial charge is 0.394 e. The lowest BCUT2D eigenvalue weighted by Crippen LogP contribution is -2.48. The number of aliphatic hydroxyl groups is 2. The maximum absolute atomic E-state index is 11.3. The number of hydrogen-bond acceptors (Lipinski definition) is 4. The van der Waals surface area contributed by atoms with Gasteiger partial charge in [0.2, 0.25) is 5.91 Å². The molecule has 0 aliphatic carbocycles. The molecule has 0 aromatic carbocycles. The molecular formula is C9H20N2O3. The first-order chi connectivity index (χ1) is 6.51. The Hall–Kier alpha value is -0.650. The zero-order valence-corrected chi connectivity index (χ0v) is 8.73. The van der Waals surface area contributed by atoms with E-state index >= 15 is 0 Å². The lowest BCUT2D eigenvalue weighted by atomic mass is 10.0. The fourth-order valence-electron chi connectivity index (χ4n) is 1.07. The molecule has 0 saturated heterocycles. The van der Waals surface area contributed by atoms with E-state index in [2.05, 4.69) is 5.32 Å². The Kier molecular flexibility index (Phi) is 6.44. The van der Waals surface area contributed by atoms with Crippen LogP contribution in [0.5, 0.6) is 0 Å². The van der Waals surface area contributed by atoms with E-state index in [0.717, 1.165) is 0 Å². The summed E-state index contributed by atoms with van der Waals surface area (Å²) in [7, 11) is 0. The predicted molar refractivity (Wildman–Crippen MR) is 53.5 cm³/mol. The molecule has 0 spiro atoms. The molecule has 1 atom stereocenters. The van der Waals surface area contributed by atoms with Gasteiger partial charge in [0.15, 0.2) is 0 Å². The quantitative estimate of drug-likeness (QED) is 0.438. The summed E-state index contributed by atoms with van der Waals surface area (Å²) in [6, 6.07) is -1.18. The van der Waals surface area contributed by atoms with Crippen LogP contribution in [0.15, 0.2) is 0 Å². The lowest BCUT2D eigenvalue weighted by Gasteiger charge is -2.18. The normalized spacial score (nSPS) is 13.4. The maximum Gasteiger partial charge on any atom is 0.237 e. The first-order valence-corrected chi connectivity index (χ1v) is 4.78. The van der Waals surface area contributed by atoms with Crippen molar-refractivity contribution in [1.82, 2.24) is 5.32 Å².